The summed E-state index contributed by atoms with van der Waals surface area (Å²) in [6.07, 6.45) is 5.23. The van der Waals surface area contributed by atoms with E-state index in [-0.39, 0.29) is 17.9 Å². The summed E-state index contributed by atoms with van der Waals surface area (Å²) < 4.78 is 11.2. The van der Waals surface area contributed by atoms with Gasteiger partial charge in [0.1, 0.15) is 0 Å². The molecule has 262 valence electrons. The Labute approximate surface area is 305 Å². The summed E-state index contributed by atoms with van der Waals surface area (Å²) in [5.74, 6) is -0.0124. The number of fused-ring (bicyclic) bond motifs is 2. The average Bonchev–Trinajstić information content (AvgIpc) is 3.62. The van der Waals surface area contributed by atoms with Crippen molar-refractivity contribution in [2.45, 2.75) is 25.3 Å². The fourth-order valence-corrected chi connectivity index (χ4v) is 8.24. The van der Waals surface area contributed by atoms with E-state index < -0.39 is 0 Å². The molecule has 1 aliphatic carbocycles. The molecule has 3 aliphatic heterocycles. The van der Waals surface area contributed by atoms with Crippen molar-refractivity contribution in [3.05, 3.63) is 131 Å². The van der Waals surface area contributed by atoms with Gasteiger partial charge in [-0.25, -0.2) is 9.99 Å². The van der Waals surface area contributed by atoms with Gasteiger partial charge in [0.15, 0.2) is 0 Å². The third-order valence-electron chi connectivity index (χ3n) is 10.9. The first-order chi connectivity index (χ1) is 25.7. The van der Waals surface area contributed by atoms with Crippen LogP contribution in [0.1, 0.15) is 46.8 Å². The van der Waals surface area contributed by atoms with Gasteiger partial charge in [0.05, 0.1) is 55.0 Å². The number of benzene rings is 4. The second kappa shape index (κ2) is 14.4. The summed E-state index contributed by atoms with van der Waals surface area (Å²) in [7, 11) is 0. The zero-order valence-electron chi connectivity index (χ0n) is 29.4. The molecule has 4 aromatic carbocycles. The molecule has 1 amide bonds. The fourth-order valence-electron chi connectivity index (χ4n) is 8.24. The number of carbonyl (C=O) groups is 1. The van der Waals surface area contributed by atoms with Crippen molar-refractivity contribution in [3.8, 4) is 11.3 Å². The number of nitrogens with zero attached hydrogens (tertiary/aromatic N) is 5. The Morgan fingerprint density at radius 3 is 2.06 bits per heavy atom. The lowest BCUT2D eigenvalue weighted by atomic mass is 9.77. The normalized spacial score (nSPS) is 21.3. The molecule has 8 heteroatoms. The Kier molecular flexibility index (Phi) is 9.00. The molecular formula is C44H43N5O3. The molecule has 0 spiro atoms. The number of allylic oxidation sites excluding steroid dienone is 1. The van der Waals surface area contributed by atoms with Crippen LogP contribution in [-0.2, 0) is 9.47 Å². The van der Waals surface area contributed by atoms with E-state index in [0.29, 0.717) is 5.56 Å². The predicted molar refractivity (Wildman–Crippen MR) is 208 cm³/mol. The summed E-state index contributed by atoms with van der Waals surface area (Å²) in [5.41, 5.74) is 10.1. The third-order valence-corrected chi connectivity index (χ3v) is 10.9. The van der Waals surface area contributed by atoms with Gasteiger partial charge in [0.2, 0.25) is 0 Å². The molecule has 4 aliphatic rings. The average molecular weight is 690 g/mol. The summed E-state index contributed by atoms with van der Waals surface area (Å²) in [6.45, 7) is 6.59. The monoisotopic (exact) mass is 689 g/mol. The molecule has 2 atom stereocenters. The molecule has 9 rings (SSSR count). The molecule has 52 heavy (non-hydrogen) atoms. The zero-order chi connectivity index (χ0) is 34.9. The van der Waals surface area contributed by atoms with Gasteiger partial charge in [-0.15, -0.1) is 0 Å². The molecule has 1 saturated carbocycles. The van der Waals surface area contributed by atoms with Crippen molar-refractivity contribution in [3.63, 3.8) is 0 Å². The van der Waals surface area contributed by atoms with Crippen molar-refractivity contribution >= 4 is 40.0 Å². The van der Waals surface area contributed by atoms with Crippen molar-refractivity contribution in [2.75, 3.05) is 62.4 Å². The second-order valence-corrected chi connectivity index (χ2v) is 14.1. The Morgan fingerprint density at radius 2 is 1.37 bits per heavy atom. The number of hydrogen-bond acceptors (Lipinski definition) is 7. The van der Waals surface area contributed by atoms with Gasteiger partial charge in [0, 0.05) is 54.4 Å². The second-order valence-electron chi connectivity index (χ2n) is 14.1. The summed E-state index contributed by atoms with van der Waals surface area (Å²) in [6, 6.07) is 37.4. The molecule has 0 radical (unpaired) electrons. The lowest BCUT2D eigenvalue weighted by molar-refractivity contribution is 0.0683. The number of amides is 1. The number of hydrazone groups is 1. The van der Waals surface area contributed by atoms with Crippen LogP contribution in [0.5, 0.6) is 0 Å². The van der Waals surface area contributed by atoms with E-state index >= 15 is 4.79 Å². The Hall–Kier alpha value is -5.31. The van der Waals surface area contributed by atoms with Gasteiger partial charge in [-0.3, -0.25) is 4.79 Å². The van der Waals surface area contributed by atoms with Crippen molar-refractivity contribution < 1.29 is 14.3 Å². The number of anilines is 2. The van der Waals surface area contributed by atoms with Crippen LogP contribution >= 0.6 is 0 Å². The molecule has 0 N–H and O–H groups in total. The third kappa shape index (κ3) is 6.37. The number of para-hydroxylation sites is 1. The highest BCUT2D eigenvalue weighted by Gasteiger charge is 2.44. The van der Waals surface area contributed by atoms with Crippen LogP contribution in [0.25, 0.3) is 28.2 Å². The highest BCUT2D eigenvalue weighted by molar-refractivity contribution is 6.12. The predicted octanol–water partition coefficient (Wildman–Crippen LogP) is 8.01. The topological polar surface area (TPSA) is 70.5 Å². The molecule has 3 fully saturated rings. The first-order valence-electron chi connectivity index (χ1n) is 18.6. The number of hydrogen-bond donors (Lipinski definition) is 0. The number of ether oxygens (including phenoxy) is 2. The van der Waals surface area contributed by atoms with Crippen LogP contribution < -0.4 is 9.80 Å². The molecule has 5 aromatic rings. The first kappa shape index (κ1) is 32.6. The van der Waals surface area contributed by atoms with Crippen LogP contribution in [0.15, 0.2) is 120 Å². The van der Waals surface area contributed by atoms with Crippen LogP contribution in [0.2, 0.25) is 0 Å². The largest absolute Gasteiger partial charge is 0.378 e. The van der Waals surface area contributed by atoms with Gasteiger partial charge < -0.3 is 19.3 Å². The van der Waals surface area contributed by atoms with Gasteiger partial charge >= 0.3 is 0 Å². The number of morpholine rings is 2. The van der Waals surface area contributed by atoms with Crippen molar-refractivity contribution in [1.29, 1.82) is 0 Å². The van der Waals surface area contributed by atoms with E-state index in [1.54, 1.807) is 5.01 Å². The molecule has 8 nitrogen and oxygen atoms in total. The lowest BCUT2D eigenvalue weighted by Gasteiger charge is -2.31. The van der Waals surface area contributed by atoms with E-state index in [2.05, 4.69) is 64.4 Å². The SMILES string of the molecule is O=C(c1cc(-c2ccccc2)nc2ccccc12)N1N=C2/C(=C/c3ccc(N4CCOCC4)cc3)CCC[C@@H]2[C@@H]1c1ccc(N2CCOCC2)cc1. The maximum atomic E-state index is 15.1. The van der Waals surface area contributed by atoms with Crippen LogP contribution in [0.3, 0.4) is 0 Å². The molecule has 0 unspecified atom stereocenters. The van der Waals surface area contributed by atoms with Gasteiger partial charge in [-0.1, -0.05) is 72.8 Å². The van der Waals surface area contributed by atoms with Crippen LogP contribution in [0, 0.1) is 5.92 Å². The number of aromatic nitrogens is 1. The quantitative estimate of drug-likeness (QED) is 0.180. The van der Waals surface area contributed by atoms with Crippen molar-refractivity contribution in [1.82, 2.24) is 9.99 Å². The van der Waals surface area contributed by atoms with Crippen LogP contribution in [-0.4, -0.2) is 74.2 Å². The lowest BCUT2D eigenvalue weighted by Crippen LogP contribution is -2.36. The van der Waals surface area contributed by atoms with E-state index in [1.807, 2.05) is 60.7 Å². The smallest absolute Gasteiger partial charge is 0.275 e. The number of rotatable bonds is 6. The zero-order valence-corrected chi connectivity index (χ0v) is 29.4. The minimum atomic E-state index is -0.222. The minimum Gasteiger partial charge on any atom is -0.378 e. The number of carbonyl (C=O) groups excluding carboxylic acids is 1. The Morgan fingerprint density at radius 1 is 0.731 bits per heavy atom. The maximum absolute atomic E-state index is 15.1. The van der Waals surface area contributed by atoms with Gasteiger partial charge in [0.25, 0.3) is 5.91 Å². The van der Waals surface area contributed by atoms with Crippen molar-refractivity contribution in [2.24, 2.45) is 11.0 Å². The molecule has 1 aromatic heterocycles. The summed E-state index contributed by atoms with van der Waals surface area (Å²) >= 11 is 0. The molecule has 4 heterocycles. The first-order valence-corrected chi connectivity index (χ1v) is 18.6. The van der Waals surface area contributed by atoms with Crippen LogP contribution in [0.4, 0.5) is 11.4 Å². The highest BCUT2D eigenvalue weighted by atomic mass is 16.5. The Balaban J connectivity index is 1.11. The Bertz CT molecular complexity index is 2120. The van der Waals surface area contributed by atoms with E-state index in [0.717, 1.165) is 111 Å². The fraction of sp³-hybridized carbons (Fsp3) is 0.295. The summed E-state index contributed by atoms with van der Waals surface area (Å²) in [4.78, 5) is 24.8. The molecule has 2 saturated heterocycles. The van der Waals surface area contributed by atoms with E-state index in [1.165, 1.54) is 16.9 Å². The summed E-state index contributed by atoms with van der Waals surface area (Å²) in [5, 5.41) is 7.92. The highest BCUT2D eigenvalue weighted by Crippen LogP contribution is 2.46. The van der Waals surface area contributed by atoms with E-state index in [4.69, 9.17) is 19.6 Å². The molecular weight excluding hydrogens is 647 g/mol. The number of pyridine rings is 1. The van der Waals surface area contributed by atoms with E-state index in [9.17, 15) is 0 Å². The standard InChI is InChI=1S/C44H43N5O3/c50-44(39-30-41(32-7-2-1-3-8-32)45-40-12-5-4-10-37(39)40)49-43(33-15-19-36(20-16-33)48-23-27-52-28-24-48)38-11-6-9-34(42(38)46-49)29-31-13-17-35(18-14-31)47-21-25-51-26-22-47/h1-5,7-8,10,12-20,29-30,38,43H,6,9,11,21-28H2/b34-29+/t38-,43-/m0/s1. The maximum Gasteiger partial charge on any atom is 0.275 e. The van der Waals surface area contributed by atoms with Gasteiger partial charge in [-0.2, -0.15) is 5.10 Å². The van der Waals surface area contributed by atoms with Gasteiger partial charge in [-0.05, 0) is 78.4 Å². The molecule has 0 bridgehead atoms. The minimum absolute atomic E-state index is 0.0903.